The summed E-state index contributed by atoms with van der Waals surface area (Å²) < 4.78 is 6.27. The summed E-state index contributed by atoms with van der Waals surface area (Å²) in [6, 6.07) is 2.24. The number of nitrogens with two attached hydrogens (primary N) is 1. The van der Waals surface area contributed by atoms with Crippen LogP contribution in [0.1, 0.15) is 19.8 Å². The lowest BCUT2D eigenvalue weighted by molar-refractivity contribution is 0.0622. The van der Waals surface area contributed by atoms with Crippen molar-refractivity contribution in [2.24, 2.45) is 5.92 Å². The van der Waals surface area contributed by atoms with Crippen LogP contribution in [0.25, 0.3) is 0 Å². The molecule has 0 aliphatic carbocycles. The van der Waals surface area contributed by atoms with Gasteiger partial charge in [-0.3, -0.25) is 0 Å². The Morgan fingerprint density at radius 1 is 1.53 bits per heavy atom. The van der Waals surface area contributed by atoms with E-state index >= 15 is 0 Å². The van der Waals surface area contributed by atoms with Gasteiger partial charge in [0.05, 0.1) is 5.69 Å². The first kappa shape index (κ1) is 12.6. The summed E-state index contributed by atoms with van der Waals surface area (Å²) in [7, 11) is 0. The molecule has 0 bridgehead atoms. The van der Waals surface area contributed by atoms with Gasteiger partial charge in [-0.1, -0.05) is 0 Å². The molecule has 1 aliphatic heterocycles. The van der Waals surface area contributed by atoms with Gasteiger partial charge in [-0.2, -0.15) is 0 Å². The Balaban J connectivity index is 1.99. The Labute approximate surface area is 110 Å². The third-order valence-corrected chi connectivity index (χ3v) is 3.65. The summed E-state index contributed by atoms with van der Waals surface area (Å²) in [4.78, 5) is 4.30. The second-order valence-corrected chi connectivity index (χ2v) is 5.39. The zero-order chi connectivity index (χ0) is 12.3. The molecule has 0 aromatic carbocycles. The van der Waals surface area contributed by atoms with E-state index in [9.17, 15) is 0 Å². The molecule has 2 heterocycles. The first-order valence-electron chi connectivity index (χ1n) is 5.92. The van der Waals surface area contributed by atoms with E-state index in [-0.39, 0.29) is 0 Å². The second-order valence-electron chi connectivity index (χ2n) is 4.47. The quantitative estimate of drug-likeness (QED) is 0.901. The maximum Gasteiger partial charge on any atom is 0.149 e. The highest BCUT2D eigenvalue weighted by atomic mass is 79.9. The number of anilines is 2. The van der Waals surface area contributed by atoms with Gasteiger partial charge in [0.2, 0.25) is 0 Å². The van der Waals surface area contributed by atoms with Crippen molar-refractivity contribution in [2.75, 3.05) is 24.3 Å². The van der Waals surface area contributed by atoms with Gasteiger partial charge in [0, 0.05) is 29.9 Å². The highest BCUT2D eigenvalue weighted by Gasteiger charge is 2.21. The molecule has 3 N–H and O–H groups in total. The largest absolute Gasteiger partial charge is 0.396 e. The van der Waals surface area contributed by atoms with Crippen molar-refractivity contribution in [3.63, 3.8) is 0 Å². The smallest absolute Gasteiger partial charge is 0.149 e. The number of halogens is 1. The lowest BCUT2D eigenvalue weighted by Crippen LogP contribution is -2.31. The topological polar surface area (TPSA) is 60.2 Å². The van der Waals surface area contributed by atoms with Gasteiger partial charge < -0.3 is 15.8 Å². The standard InChI is InChI=1S/C12H18BrN3O/c1-8(9-2-4-17-5-3-9)16-12-11(14)6-10(13)7-15-12/h6-9H,2-5,14H2,1H3,(H,15,16). The average molecular weight is 300 g/mol. The minimum absolute atomic E-state index is 0.370. The van der Waals surface area contributed by atoms with Gasteiger partial charge in [-0.05, 0) is 47.7 Å². The molecule has 1 aliphatic rings. The summed E-state index contributed by atoms with van der Waals surface area (Å²) in [5, 5.41) is 3.39. The Morgan fingerprint density at radius 2 is 2.24 bits per heavy atom. The number of nitrogen functional groups attached to an aromatic ring is 1. The molecule has 2 rings (SSSR count). The molecule has 1 atom stereocenters. The van der Waals surface area contributed by atoms with Crippen molar-refractivity contribution < 1.29 is 4.74 Å². The van der Waals surface area contributed by atoms with Crippen LogP contribution in [0.4, 0.5) is 11.5 Å². The zero-order valence-corrected chi connectivity index (χ0v) is 11.5. The molecular formula is C12H18BrN3O. The first-order valence-corrected chi connectivity index (χ1v) is 6.71. The molecule has 5 heteroatoms. The molecule has 0 amide bonds. The Morgan fingerprint density at radius 3 is 2.88 bits per heavy atom. The number of nitrogens with one attached hydrogen (secondary N) is 1. The SMILES string of the molecule is CC(Nc1ncc(Br)cc1N)C1CCOCC1. The fourth-order valence-corrected chi connectivity index (χ4v) is 2.47. The summed E-state index contributed by atoms with van der Waals surface area (Å²) in [5.41, 5.74) is 6.60. The maximum absolute atomic E-state index is 5.92. The molecule has 0 spiro atoms. The molecular weight excluding hydrogens is 282 g/mol. The van der Waals surface area contributed by atoms with Gasteiger partial charge >= 0.3 is 0 Å². The van der Waals surface area contributed by atoms with Crippen LogP contribution in [0.2, 0.25) is 0 Å². The second kappa shape index (κ2) is 5.69. The minimum Gasteiger partial charge on any atom is -0.396 e. The number of rotatable bonds is 3. The van der Waals surface area contributed by atoms with E-state index in [1.807, 2.05) is 6.07 Å². The number of pyridine rings is 1. The molecule has 1 unspecified atom stereocenters. The number of nitrogens with zero attached hydrogens (tertiary/aromatic N) is 1. The molecule has 1 fully saturated rings. The van der Waals surface area contributed by atoms with Crippen molar-refractivity contribution >= 4 is 27.4 Å². The number of hydrogen-bond acceptors (Lipinski definition) is 4. The van der Waals surface area contributed by atoms with E-state index in [1.165, 1.54) is 0 Å². The Bertz CT molecular complexity index is 380. The molecule has 4 nitrogen and oxygen atoms in total. The van der Waals surface area contributed by atoms with Gasteiger partial charge in [0.1, 0.15) is 5.82 Å². The highest BCUT2D eigenvalue weighted by Crippen LogP contribution is 2.25. The fraction of sp³-hybridized carbons (Fsp3) is 0.583. The molecule has 1 saturated heterocycles. The normalized spacial score (nSPS) is 18.9. The van der Waals surface area contributed by atoms with Crippen LogP contribution in [-0.2, 0) is 4.74 Å². The monoisotopic (exact) mass is 299 g/mol. The van der Waals surface area contributed by atoms with Crippen molar-refractivity contribution in [1.82, 2.24) is 4.98 Å². The molecule has 94 valence electrons. The van der Waals surface area contributed by atoms with Crippen molar-refractivity contribution in [1.29, 1.82) is 0 Å². The van der Waals surface area contributed by atoms with E-state index in [0.29, 0.717) is 17.6 Å². The lowest BCUT2D eigenvalue weighted by Gasteiger charge is -2.29. The van der Waals surface area contributed by atoms with Crippen LogP contribution < -0.4 is 11.1 Å². The predicted octanol–water partition coefficient (Wildman–Crippen LogP) is 2.65. The van der Waals surface area contributed by atoms with Gasteiger partial charge in [-0.25, -0.2) is 4.98 Å². The summed E-state index contributed by atoms with van der Waals surface area (Å²) in [6.07, 6.45) is 3.96. The third kappa shape index (κ3) is 3.33. The average Bonchev–Trinajstić information content (AvgIpc) is 2.34. The van der Waals surface area contributed by atoms with E-state index in [2.05, 4.69) is 33.2 Å². The van der Waals surface area contributed by atoms with Crippen LogP contribution in [0.5, 0.6) is 0 Å². The van der Waals surface area contributed by atoms with Gasteiger partial charge in [-0.15, -0.1) is 0 Å². The molecule has 0 saturated carbocycles. The highest BCUT2D eigenvalue weighted by molar-refractivity contribution is 9.10. The summed E-state index contributed by atoms with van der Waals surface area (Å²) in [5.74, 6) is 1.40. The van der Waals surface area contributed by atoms with Crippen LogP contribution in [-0.4, -0.2) is 24.2 Å². The van der Waals surface area contributed by atoms with Crippen LogP contribution >= 0.6 is 15.9 Å². The van der Waals surface area contributed by atoms with E-state index in [1.54, 1.807) is 6.20 Å². The Hall–Kier alpha value is -0.810. The van der Waals surface area contributed by atoms with E-state index in [4.69, 9.17) is 10.5 Å². The number of ether oxygens (including phenoxy) is 1. The molecule has 0 radical (unpaired) electrons. The lowest BCUT2D eigenvalue weighted by atomic mass is 9.93. The van der Waals surface area contributed by atoms with Gasteiger partial charge in [0.15, 0.2) is 0 Å². The molecule has 1 aromatic rings. The van der Waals surface area contributed by atoms with E-state index in [0.717, 1.165) is 36.3 Å². The van der Waals surface area contributed by atoms with Gasteiger partial charge in [0.25, 0.3) is 0 Å². The van der Waals surface area contributed by atoms with Crippen LogP contribution in [0.3, 0.4) is 0 Å². The predicted molar refractivity (Wildman–Crippen MR) is 73.0 cm³/mol. The third-order valence-electron chi connectivity index (χ3n) is 3.22. The summed E-state index contributed by atoms with van der Waals surface area (Å²) in [6.45, 7) is 3.90. The zero-order valence-electron chi connectivity index (χ0n) is 9.95. The summed E-state index contributed by atoms with van der Waals surface area (Å²) >= 11 is 3.35. The molecule has 1 aromatic heterocycles. The first-order chi connectivity index (χ1) is 8.16. The van der Waals surface area contributed by atoms with Crippen LogP contribution in [0, 0.1) is 5.92 Å². The minimum atomic E-state index is 0.370. The van der Waals surface area contributed by atoms with Crippen molar-refractivity contribution in [2.45, 2.75) is 25.8 Å². The number of aromatic nitrogens is 1. The molecule has 17 heavy (non-hydrogen) atoms. The maximum atomic E-state index is 5.92. The number of hydrogen-bond donors (Lipinski definition) is 2. The van der Waals surface area contributed by atoms with Crippen molar-refractivity contribution in [3.8, 4) is 0 Å². The fourth-order valence-electron chi connectivity index (χ4n) is 2.12. The van der Waals surface area contributed by atoms with Crippen LogP contribution in [0.15, 0.2) is 16.7 Å². The van der Waals surface area contributed by atoms with Crippen molar-refractivity contribution in [3.05, 3.63) is 16.7 Å². The van der Waals surface area contributed by atoms with E-state index < -0.39 is 0 Å². The Kier molecular flexibility index (Phi) is 4.23.